The summed E-state index contributed by atoms with van der Waals surface area (Å²) < 4.78 is 10.7. The molecular formula is C17H14O5. The maximum Gasteiger partial charge on any atom is 0.200 e. The molecule has 2 aromatic carbocycles. The Kier molecular flexibility index (Phi) is 3.56. The van der Waals surface area contributed by atoms with Crippen molar-refractivity contribution in [1.29, 1.82) is 0 Å². The van der Waals surface area contributed by atoms with Gasteiger partial charge in [-0.25, -0.2) is 0 Å². The zero-order chi connectivity index (χ0) is 15.7. The molecule has 0 saturated heterocycles. The number of para-hydroxylation sites is 1. The van der Waals surface area contributed by atoms with E-state index in [0.717, 1.165) is 0 Å². The van der Waals surface area contributed by atoms with Crippen LogP contribution in [0.15, 0.2) is 51.9 Å². The molecule has 0 radical (unpaired) electrons. The lowest BCUT2D eigenvalue weighted by molar-refractivity contribution is 0.275. The highest BCUT2D eigenvalue weighted by atomic mass is 16.5. The Labute approximate surface area is 126 Å². The van der Waals surface area contributed by atoms with Crippen LogP contribution in [-0.2, 0) is 6.61 Å². The molecule has 0 amide bonds. The van der Waals surface area contributed by atoms with Gasteiger partial charge in [0.2, 0.25) is 5.43 Å². The minimum atomic E-state index is -0.334. The zero-order valence-corrected chi connectivity index (χ0v) is 11.9. The zero-order valence-electron chi connectivity index (χ0n) is 11.9. The van der Waals surface area contributed by atoms with E-state index < -0.39 is 0 Å². The van der Waals surface area contributed by atoms with Crippen molar-refractivity contribution in [3.05, 3.63) is 58.4 Å². The molecule has 0 bridgehead atoms. The molecule has 2 N–H and O–H groups in total. The SMILES string of the molecule is COc1ccccc1-c1coc2c(O)c(CO)ccc2c1=O. The number of phenols is 1. The van der Waals surface area contributed by atoms with Gasteiger partial charge in [0.15, 0.2) is 11.3 Å². The molecule has 1 aromatic heterocycles. The van der Waals surface area contributed by atoms with Crippen molar-refractivity contribution >= 4 is 11.0 Å². The lowest BCUT2D eigenvalue weighted by Crippen LogP contribution is -2.06. The van der Waals surface area contributed by atoms with Gasteiger partial charge in [-0.15, -0.1) is 0 Å². The van der Waals surface area contributed by atoms with Crippen LogP contribution < -0.4 is 10.2 Å². The number of aliphatic hydroxyl groups excluding tert-OH is 1. The highest BCUT2D eigenvalue weighted by Crippen LogP contribution is 2.32. The molecule has 0 atom stereocenters. The standard InChI is InChI=1S/C17H14O5/c1-21-14-5-3-2-4-11(14)13-9-22-17-12(16(13)20)7-6-10(8-18)15(17)19/h2-7,9,18-19H,8H2,1H3. The van der Waals surface area contributed by atoms with E-state index >= 15 is 0 Å². The Morgan fingerprint density at radius 3 is 2.64 bits per heavy atom. The predicted octanol–water partition coefficient (Wildman–Crippen LogP) is 2.67. The van der Waals surface area contributed by atoms with Gasteiger partial charge in [0.1, 0.15) is 12.0 Å². The number of ether oxygens (including phenoxy) is 1. The highest BCUT2D eigenvalue weighted by molar-refractivity contribution is 5.87. The summed E-state index contributed by atoms with van der Waals surface area (Å²) in [5.41, 5.74) is 1.06. The van der Waals surface area contributed by atoms with Crippen LogP contribution in [0.3, 0.4) is 0 Å². The minimum absolute atomic E-state index is 0.0650. The summed E-state index contributed by atoms with van der Waals surface area (Å²) in [6.07, 6.45) is 1.30. The lowest BCUT2D eigenvalue weighted by Gasteiger charge is -2.09. The molecule has 0 saturated carbocycles. The van der Waals surface area contributed by atoms with E-state index in [1.807, 2.05) is 6.07 Å². The number of fused-ring (bicyclic) bond motifs is 1. The van der Waals surface area contributed by atoms with Crippen molar-refractivity contribution in [1.82, 2.24) is 0 Å². The van der Waals surface area contributed by atoms with Gasteiger partial charge in [0.25, 0.3) is 0 Å². The maximum absolute atomic E-state index is 12.7. The third kappa shape index (κ3) is 2.12. The van der Waals surface area contributed by atoms with Crippen molar-refractivity contribution in [2.75, 3.05) is 7.11 Å². The molecule has 3 rings (SSSR count). The first-order chi connectivity index (χ1) is 10.7. The third-order valence-corrected chi connectivity index (χ3v) is 3.57. The number of hydrogen-bond acceptors (Lipinski definition) is 5. The summed E-state index contributed by atoms with van der Waals surface area (Å²) in [6.45, 7) is -0.334. The Morgan fingerprint density at radius 1 is 1.14 bits per heavy atom. The predicted molar refractivity (Wildman–Crippen MR) is 82.1 cm³/mol. The Hall–Kier alpha value is -2.79. The molecule has 1 heterocycles. The van der Waals surface area contributed by atoms with Crippen LogP contribution in [0, 0.1) is 0 Å². The van der Waals surface area contributed by atoms with Crippen LogP contribution in [0.5, 0.6) is 11.5 Å². The van der Waals surface area contributed by atoms with Crippen molar-refractivity contribution in [2.24, 2.45) is 0 Å². The van der Waals surface area contributed by atoms with Gasteiger partial charge in [-0.3, -0.25) is 4.79 Å². The van der Waals surface area contributed by atoms with E-state index in [0.29, 0.717) is 22.4 Å². The molecular weight excluding hydrogens is 284 g/mol. The summed E-state index contributed by atoms with van der Waals surface area (Å²) >= 11 is 0. The van der Waals surface area contributed by atoms with Gasteiger partial charge in [-0.2, -0.15) is 0 Å². The molecule has 112 valence electrons. The third-order valence-electron chi connectivity index (χ3n) is 3.57. The Bertz CT molecular complexity index is 895. The summed E-state index contributed by atoms with van der Waals surface area (Å²) in [4.78, 5) is 12.7. The molecule has 0 spiro atoms. The van der Waals surface area contributed by atoms with Crippen molar-refractivity contribution < 1.29 is 19.4 Å². The molecule has 0 unspecified atom stereocenters. The van der Waals surface area contributed by atoms with Gasteiger partial charge >= 0.3 is 0 Å². The second-order valence-electron chi connectivity index (χ2n) is 4.79. The van der Waals surface area contributed by atoms with Crippen molar-refractivity contribution in [2.45, 2.75) is 6.61 Å². The fourth-order valence-corrected chi connectivity index (χ4v) is 2.41. The van der Waals surface area contributed by atoms with Crippen LogP contribution in [0.2, 0.25) is 0 Å². The first kappa shape index (κ1) is 14.2. The van der Waals surface area contributed by atoms with E-state index in [1.165, 1.54) is 25.5 Å². The smallest absolute Gasteiger partial charge is 0.200 e. The largest absolute Gasteiger partial charge is 0.504 e. The number of rotatable bonds is 3. The van der Waals surface area contributed by atoms with E-state index in [2.05, 4.69) is 0 Å². The Morgan fingerprint density at radius 2 is 1.91 bits per heavy atom. The molecule has 5 heteroatoms. The van der Waals surface area contributed by atoms with E-state index in [-0.39, 0.29) is 28.8 Å². The summed E-state index contributed by atoms with van der Waals surface area (Å²) in [5, 5.41) is 19.4. The number of hydrogen-bond donors (Lipinski definition) is 2. The van der Waals surface area contributed by atoms with Crippen molar-refractivity contribution in [3.8, 4) is 22.6 Å². The van der Waals surface area contributed by atoms with Crippen LogP contribution in [0.4, 0.5) is 0 Å². The maximum atomic E-state index is 12.7. The fraction of sp³-hybridized carbons (Fsp3) is 0.118. The van der Waals surface area contributed by atoms with Crippen LogP contribution in [0.1, 0.15) is 5.56 Å². The monoisotopic (exact) mass is 298 g/mol. The number of methoxy groups -OCH3 is 1. The lowest BCUT2D eigenvalue weighted by atomic mass is 10.0. The summed E-state index contributed by atoms with van der Waals surface area (Å²) in [5.74, 6) is 0.342. The van der Waals surface area contributed by atoms with Crippen molar-refractivity contribution in [3.63, 3.8) is 0 Å². The molecule has 0 aliphatic carbocycles. The second kappa shape index (κ2) is 5.54. The number of aromatic hydroxyl groups is 1. The van der Waals surface area contributed by atoms with Gasteiger partial charge in [-0.05, 0) is 12.1 Å². The van der Waals surface area contributed by atoms with Crippen LogP contribution in [-0.4, -0.2) is 17.3 Å². The minimum Gasteiger partial charge on any atom is -0.504 e. The molecule has 0 aliphatic rings. The quantitative estimate of drug-likeness (QED) is 0.777. The first-order valence-corrected chi connectivity index (χ1v) is 6.68. The normalized spacial score (nSPS) is 10.8. The van der Waals surface area contributed by atoms with E-state index in [1.54, 1.807) is 18.2 Å². The summed E-state index contributed by atoms with van der Waals surface area (Å²) in [7, 11) is 1.53. The van der Waals surface area contributed by atoms with Gasteiger partial charge in [0, 0.05) is 11.1 Å². The number of aliphatic hydroxyl groups is 1. The second-order valence-corrected chi connectivity index (χ2v) is 4.79. The first-order valence-electron chi connectivity index (χ1n) is 6.68. The van der Waals surface area contributed by atoms with Crippen LogP contribution >= 0.6 is 0 Å². The van der Waals surface area contributed by atoms with Crippen LogP contribution in [0.25, 0.3) is 22.1 Å². The summed E-state index contributed by atoms with van der Waals surface area (Å²) in [6, 6.07) is 10.2. The molecule has 0 fully saturated rings. The van der Waals surface area contributed by atoms with Gasteiger partial charge in [-0.1, -0.05) is 24.3 Å². The fourth-order valence-electron chi connectivity index (χ4n) is 2.41. The average Bonchev–Trinajstić information content (AvgIpc) is 2.56. The van der Waals surface area contributed by atoms with Gasteiger partial charge < -0.3 is 19.4 Å². The van der Waals surface area contributed by atoms with Gasteiger partial charge in [0.05, 0.1) is 24.7 Å². The Balaban J connectivity index is 2.30. The number of benzene rings is 2. The van der Waals surface area contributed by atoms with E-state index in [9.17, 15) is 9.90 Å². The molecule has 22 heavy (non-hydrogen) atoms. The topological polar surface area (TPSA) is 79.9 Å². The molecule has 5 nitrogen and oxygen atoms in total. The highest BCUT2D eigenvalue weighted by Gasteiger charge is 2.16. The molecule has 0 aliphatic heterocycles. The van der Waals surface area contributed by atoms with E-state index in [4.69, 9.17) is 14.3 Å². The molecule has 3 aromatic rings. The average molecular weight is 298 g/mol.